The Balaban J connectivity index is 1.08. The van der Waals surface area contributed by atoms with E-state index in [1.807, 2.05) is 212 Å². The van der Waals surface area contributed by atoms with Crippen LogP contribution in [0.2, 0.25) is 0 Å². The summed E-state index contributed by atoms with van der Waals surface area (Å²) >= 11 is 0. The van der Waals surface area contributed by atoms with Gasteiger partial charge in [0.25, 0.3) is 0 Å². The van der Waals surface area contributed by atoms with Crippen LogP contribution in [0.15, 0.2) is 212 Å². The summed E-state index contributed by atoms with van der Waals surface area (Å²) in [6, 6.07) is 69.6. The lowest BCUT2D eigenvalue weighted by molar-refractivity contribution is -0.339. The molecule has 9 rings (SSSR count). The fourth-order valence-corrected chi connectivity index (χ4v) is 8.96. The first kappa shape index (κ1) is 51.0. The smallest absolute Gasteiger partial charge is 0.187 e. The SMILES string of the molecule is O[C@H]1O[C@H](COCc2ccccc2)[C@@H](O[C@@H]2O[C@@H]([C@@H](COCc3ccccc3)OCc3ccccc3)[C@H](OCc3ccccc3)[C@H]2OCc2ccccc2)[C@H](OCc2ccccc2)[C@H]1OCc1ccccc1. The molecule has 2 saturated heterocycles. The molecule has 10 atom stereocenters. The van der Waals surface area contributed by atoms with E-state index in [0.717, 1.165) is 38.9 Å². The zero-order valence-electron chi connectivity index (χ0n) is 40.4. The van der Waals surface area contributed by atoms with Gasteiger partial charge in [-0.05, 0) is 38.9 Å². The standard InChI is InChI=1S/C61H64O11/c62-60-58(68-41-50-32-18-6-19-33-50)56(66-39-48-28-14-4-15-29-48)55(53(70-60)44-64-37-46-24-10-2-11-25-46)72-61-59(69-42-51-34-20-7-21-35-51)57(67-40-49-30-16-5-17-31-49)54(71-61)52(65-38-47-26-12-3-13-27-47)43-63-36-45-22-8-1-9-23-45/h1-35,52-62H,36-44H2/t52-,53-,54+,55-,56+,57+,58-,59-,60+,61+/m1/s1. The Hall–Kier alpha value is -5.90. The van der Waals surface area contributed by atoms with Crippen LogP contribution in [-0.4, -0.2) is 79.7 Å². The third-order valence-electron chi connectivity index (χ3n) is 12.7. The topological polar surface area (TPSA) is 113 Å². The van der Waals surface area contributed by atoms with E-state index in [1.165, 1.54) is 0 Å². The van der Waals surface area contributed by atoms with E-state index in [4.69, 9.17) is 47.4 Å². The van der Waals surface area contributed by atoms with E-state index in [1.54, 1.807) is 0 Å². The third-order valence-corrected chi connectivity index (χ3v) is 12.7. The number of ether oxygens (including phenoxy) is 10. The zero-order chi connectivity index (χ0) is 49.0. The van der Waals surface area contributed by atoms with E-state index in [-0.39, 0.29) is 46.2 Å². The minimum atomic E-state index is -1.40. The summed E-state index contributed by atoms with van der Waals surface area (Å²) in [5.41, 5.74) is 6.79. The van der Waals surface area contributed by atoms with Gasteiger partial charge in [0.1, 0.15) is 48.8 Å². The van der Waals surface area contributed by atoms with Gasteiger partial charge in [0.05, 0.1) is 59.5 Å². The average Bonchev–Trinajstić information content (AvgIpc) is 3.78. The van der Waals surface area contributed by atoms with Crippen molar-refractivity contribution in [3.63, 3.8) is 0 Å². The predicted molar refractivity (Wildman–Crippen MR) is 272 cm³/mol. The van der Waals surface area contributed by atoms with E-state index in [9.17, 15) is 5.11 Å². The van der Waals surface area contributed by atoms with E-state index in [2.05, 4.69) is 0 Å². The molecule has 0 radical (unpaired) electrons. The van der Waals surface area contributed by atoms with Gasteiger partial charge in [0.2, 0.25) is 0 Å². The number of benzene rings is 7. The molecular formula is C61H64O11. The second kappa shape index (κ2) is 27.2. The Morgan fingerprint density at radius 1 is 0.361 bits per heavy atom. The van der Waals surface area contributed by atoms with Gasteiger partial charge < -0.3 is 52.5 Å². The molecular weight excluding hydrogens is 909 g/mol. The highest BCUT2D eigenvalue weighted by molar-refractivity contribution is 5.19. The fourth-order valence-electron chi connectivity index (χ4n) is 8.96. The van der Waals surface area contributed by atoms with Crippen molar-refractivity contribution in [1.29, 1.82) is 0 Å². The van der Waals surface area contributed by atoms with Crippen LogP contribution in [0.5, 0.6) is 0 Å². The molecule has 2 aliphatic rings. The Morgan fingerprint density at radius 3 is 1.17 bits per heavy atom. The van der Waals surface area contributed by atoms with Crippen molar-refractivity contribution >= 4 is 0 Å². The number of hydrogen-bond donors (Lipinski definition) is 1. The highest BCUT2D eigenvalue weighted by Crippen LogP contribution is 2.37. The van der Waals surface area contributed by atoms with Crippen LogP contribution in [0.1, 0.15) is 38.9 Å². The van der Waals surface area contributed by atoms with Crippen LogP contribution in [-0.2, 0) is 93.6 Å². The summed E-state index contributed by atoms with van der Waals surface area (Å²) in [7, 11) is 0. The summed E-state index contributed by atoms with van der Waals surface area (Å²) in [6.07, 6.45) is -9.18. The maximum Gasteiger partial charge on any atom is 0.187 e. The average molecular weight is 973 g/mol. The maximum absolute atomic E-state index is 12.0. The third kappa shape index (κ3) is 14.8. The van der Waals surface area contributed by atoms with Gasteiger partial charge >= 0.3 is 0 Å². The quantitative estimate of drug-likeness (QED) is 0.0560. The number of aliphatic hydroxyl groups is 1. The lowest BCUT2D eigenvalue weighted by Gasteiger charge is -2.45. The first-order valence-electron chi connectivity index (χ1n) is 24.8. The molecule has 72 heavy (non-hydrogen) atoms. The summed E-state index contributed by atoms with van der Waals surface area (Å²) in [5, 5.41) is 12.0. The monoisotopic (exact) mass is 972 g/mol. The molecule has 0 unspecified atom stereocenters. The van der Waals surface area contributed by atoms with E-state index in [0.29, 0.717) is 13.2 Å². The molecule has 0 saturated carbocycles. The maximum atomic E-state index is 12.0. The van der Waals surface area contributed by atoms with E-state index >= 15 is 0 Å². The molecule has 374 valence electrons. The molecule has 0 aliphatic carbocycles. The van der Waals surface area contributed by atoms with Gasteiger partial charge in [0, 0.05) is 0 Å². The van der Waals surface area contributed by atoms with Gasteiger partial charge in [-0.3, -0.25) is 0 Å². The molecule has 1 N–H and O–H groups in total. The molecule has 7 aromatic carbocycles. The van der Waals surface area contributed by atoms with Gasteiger partial charge in [-0.25, -0.2) is 0 Å². The number of hydrogen-bond acceptors (Lipinski definition) is 11. The first-order chi connectivity index (χ1) is 35.6. The van der Waals surface area contributed by atoms with Crippen LogP contribution >= 0.6 is 0 Å². The Morgan fingerprint density at radius 2 is 0.722 bits per heavy atom. The van der Waals surface area contributed by atoms with Crippen molar-refractivity contribution in [3.05, 3.63) is 251 Å². The Bertz CT molecular complexity index is 2550. The van der Waals surface area contributed by atoms with Crippen molar-refractivity contribution in [1.82, 2.24) is 0 Å². The normalized spacial score (nSPS) is 23.4. The van der Waals surface area contributed by atoms with Crippen molar-refractivity contribution in [2.75, 3.05) is 13.2 Å². The summed E-state index contributed by atoms with van der Waals surface area (Å²) in [6.45, 7) is 2.03. The summed E-state index contributed by atoms with van der Waals surface area (Å²) < 4.78 is 68.3. The molecule has 11 nitrogen and oxygen atoms in total. The van der Waals surface area contributed by atoms with Crippen molar-refractivity contribution in [2.45, 2.75) is 108 Å². The Kier molecular flexibility index (Phi) is 19.3. The van der Waals surface area contributed by atoms with E-state index < -0.39 is 61.4 Å². The molecule has 0 aromatic heterocycles. The molecule has 7 aromatic rings. The highest BCUT2D eigenvalue weighted by atomic mass is 16.8. The first-order valence-corrected chi connectivity index (χ1v) is 24.8. The molecule has 2 aliphatic heterocycles. The summed E-state index contributed by atoms with van der Waals surface area (Å²) in [5.74, 6) is 0. The fraction of sp³-hybridized carbons (Fsp3) is 0.311. The summed E-state index contributed by atoms with van der Waals surface area (Å²) in [4.78, 5) is 0. The van der Waals surface area contributed by atoms with Crippen LogP contribution in [0.3, 0.4) is 0 Å². The Labute approximate surface area is 423 Å². The number of aliphatic hydroxyl groups excluding tert-OH is 1. The molecule has 2 fully saturated rings. The van der Waals surface area contributed by atoms with Gasteiger partial charge in [-0.1, -0.05) is 212 Å². The van der Waals surface area contributed by atoms with Crippen molar-refractivity contribution in [3.8, 4) is 0 Å². The van der Waals surface area contributed by atoms with Gasteiger partial charge in [0.15, 0.2) is 12.6 Å². The molecule has 0 bridgehead atoms. The van der Waals surface area contributed by atoms with Crippen molar-refractivity contribution < 1.29 is 52.5 Å². The van der Waals surface area contributed by atoms with Crippen molar-refractivity contribution in [2.24, 2.45) is 0 Å². The largest absolute Gasteiger partial charge is 0.374 e. The second-order valence-corrected chi connectivity index (χ2v) is 18.0. The zero-order valence-corrected chi connectivity index (χ0v) is 40.4. The molecule has 0 amide bonds. The lowest BCUT2D eigenvalue weighted by atomic mass is 9.97. The van der Waals surface area contributed by atoms with Crippen LogP contribution < -0.4 is 0 Å². The van der Waals surface area contributed by atoms with Crippen LogP contribution in [0, 0.1) is 0 Å². The highest BCUT2D eigenvalue weighted by Gasteiger charge is 2.55. The second-order valence-electron chi connectivity index (χ2n) is 18.0. The molecule has 11 heteroatoms. The van der Waals surface area contributed by atoms with Gasteiger partial charge in [-0.15, -0.1) is 0 Å². The molecule has 0 spiro atoms. The lowest BCUT2D eigenvalue weighted by Crippen LogP contribution is -2.62. The minimum absolute atomic E-state index is 0.0446. The van der Waals surface area contributed by atoms with Crippen LogP contribution in [0.25, 0.3) is 0 Å². The number of rotatable bonds is 26. The van der Waals surface area contributed by atoms with Crippen LogP contribution in [0.4, 0.5) is 0 Å². The minimum Gasteiger partial charge on any atom is -0.374 e. The molecule has 2 heterocycles. The van der Waals surface area contributed by atoms with Gasteiger partial charge in [-0.2, -0.15) is 0 Å². The predicted octanol–water partition coefficient (Wildman–Crippen LogP) is 10.2.